The summed E-state index contributed by atoms with van der Waals surface area (Å²) in [7, 11) is 0. The maximum Gasteiger partial charge on any atom is 0.358 e. The molecule has 2 rings (SSSR count). The Morgan fingerprint density at radius 1 is 1.19 bits per heavy atom. The molecule has 0 bridgehead atoms. The van der Waals surface area contributed by atoms with Crippen molar-refractivity contribution in [3.8, 4) is 11.3 Å². The molecular formula is C13H12FN3O4. The fourth-order valence-electron chi connectivity index (χ4n) is 1.77. The Kier molecular flexibility index (Phi) is 3.46. The SMILES string of the molecule is CC(C)(C(=O)O)n1nnc(C(=O)O)c1-c1ccc(F)cc1. The monoisotopic (exact) mass is 293 g/mol. The Labute approximate surface area is 118 Å². The van der Waals surface area contributed by atoms with E-state index in [0.29, 0.717) is 5.56 Å². The molecule has 0 saturated heterocycles. The molecule has 0 saturated carbocycles. The largest absolute Gasteiger partial charge is 0.479 e. The number of aromatic carboxylic acids is 1. The third kappa shape index (κ3) is 2.47. The summed E-state index contributed by atoms with van der Waals surface area (Å²) in [6, 6.07) is 4.97. The molecule has 0 fully saturated rings. The van der Waals surface area contributed by atoms with Crippen molar-refractivity contribution in [1.29, 1.82) is 0 Å². The zero-order valence-electron chi connectivity index (χ0n) is 11.2. The molecule has 2 aromatic rings. The topological polar surface area (TPSA) is 105 Å². The molecule has 21 heavy (non-hydrogen) atoms. The lowest BCUT2D eigenvalue weighted by molar-refractivity contribution is -0.146. The van der Waals surface area contributed by atoms with Gasteiger partial charge in [-0.2, -0.15) is 0 Å². The highest BCUT2D eigenvalue weighted by atomic mass is 19.1. The average Bonchev–Trinajstić information content (AvgIpc) is 2.84. The van der Waals surface area contributed by atoms with Gasteiger partial charge in [0.2, 0.25) is 0 Å². The van der Waals surface area contributed by atoms with Gasteiger partial charge in [0, 0.05) is 5.56 Å². The van der Waals surface area contributed by atoms with Gasteiger partial charge in [-0.25, -0.2) is 18.7 Å². The molecule has 7 nitrogen and oxygen atoms in total. The molecule has 0 atom stereocenters. The molecule has 0 aliphatic heterocycles. The second-order valence-electron chi connectivity index (χ2n) is 4.87. The van der Waals surface area contributed by atoms with Crippen molar-refractivity contribution in [2.24, 2.45) is 0 Å². The van der Waals surface area contributed by atoms with Crippen LogP contribution in [0.15, 0.2) is 24.3 Å². The van der Waals surface area contributed by atoms with Crippen LogP contribution in [-0.4, -0.2) is 37.1 Å². The standard InChI is InChI=1S/C13H12FN3O4/c1-13(2,12(20)21)17-10(9(11(18)19)15-16-17)7-3-5-8(14)6-4-7/h3-6H,1-2H3,(H,18,19)(H,20,21). The molecule has 1 aromatic heterocycles. The highest BCUT2D eigenvalue weighted by molar-refractivity contribution is 5.93. The van der Waals surface area contributed by atoms with Gasteiger partial charge in [-0.05, 0) is 38.1 Å². The van der Waals surface area contributed by atoms with E-state index in [4.69, 9.17) is 5.11 Å². The van der Waals surface area contributed by atoms with E-state index in [-0.39, 0.29) is 5.69 Å². The van der Waals surface area contributed by atoms with Crippen molar-refractivity contribution in [2.75, 3.05) is 0 Å². The van der Waals surface area contributed by atoms with Crippen molar-refractivity contribution in [2.45, 2.75) is 19.4 Å². The number of carbonyl (C=O) groups is 2. The normalized spacial score (nSPS) is 11.4. The van der Waals surface area contributed by atoms with Crippen LogP contribution in [0.25, 0.3) is 11.3 Å². The van der Waals surface area contributed by atoms with Gasteiger partial charge in [0.05, 0.1) is 0 Å². The fraction of sp³-hybridized carbons (Fsp3) is 0.231. The van der Waals surface area contributed by atoms with Crippen molar-refractivity contribution in [3.63, 3.8) is 0 Å². The molecule has 0 unspecified atom stereocenters. The van der Waals surface area contributed by atoms with Crippen molar-refractivity contribution >= 4 is 11.9 Å². The summed E-state index contributed by atoms with van der Waals surface area (Å²) < 4.78 is 14.0. The molecule has 0 radical (unpaired) electrons. The number of rotatable bonds is 4. The first-order valence-corrected chi connectivity index (χ1v) is 5.94. The van der Waals surface area contributed by atoms with E-state index >= 15 is 0 Å². The summed E-state index contributed by atoms with van der Waals surface area (Å²) in [5, 5.41) is 25.6. The molecule has 2 N–H and O–H groups in total. The molecule has 0 aliphatic carbocycles. The number of carboxylic acid groups (broad SMARTS) is 2. The third-order valence-electron chi connectivity index (χ3n) is 3.04. The first-order chi connectivity index (χ1) is 9.75. The Morgan fingerprint density at radius 2 is 1.76 bits per heavy atom. The molecule has 0 aliphatic rings. The van der Waals surface area contributed by atoms with Gasteiger partial charge >= 0.3 is 11.9 Å². The van der Waals surface area contributed by atoms with Crippen LogP contribution in [0.4, 0.5) is 4.39 Å². The van der Waals surface area contributed by atoms with E-state index in [1.54, 1.807) is 0 Å². The first kappa shape index (κ1) is 14.6. The van der Waals surface area contributed by atoms with Crippen LogP contribution in [0.3, 0.4) is 0 Å². The molecule has 110 valence electrons. The summed E-state index contributed by atoms with van der Waals surface area (Å²) >= 11 is 0. The molecule has 0 amide bonds. The third-order valence-corrected chi connectivity index (χ3v) is 3.04. The summed E-state index contributed by atoms with van der Waals surface area (Å²) in [6.07, 6.45) is 0. The van der Waals surface area contributed by atoms with E-state index in [1.807, 2.05) is 0 Å². The van der Waals surface area contributed by atoms with Gasteiger partial charge in [0.25, 0.3) is 0 Å². The molecule has 1 aromatic carbocycles. The molecule has 1 heterocycles. The number of aromatic nitrogens is 3. The molecule has 0 spiro atoms. The van der Waals surface area contributed by atoms with Gasteiger partial charge in [0.15, 0.2) is 11.2 Å². The van der Waals surface area contributed by atoms with Gasteiger partial charge in [0.1, 0.15) is 11.5 Å². The van der Waals surface area contributed by atoms with E-state index in [1.165, 1.54) is 26.0 Å². The Morgan fingerprint density at radius 3 is 2.24 bits per heavy atom. The van der Waals surface area contributed by atoms with Crippen molar-refractivity contribution < 1.29 is 24.2 Å². The second kappa shape index (κ2) is 4.97. The minimum absolute atomic E-state index is 0.00917. The zero-order valence-corrected chi connectivity index (χ0v) is 11.2. The predicted octanol–water partition coefficient (Wildman–Crippen LogP) is 1.60. The van der Waals surface area contributed by atoms with Crippen LogP contribution < -0.4 is 0 Å². The van der Waals surface area contributed by atoms with Crippen molar-refractivity contribution in [3.05, 3.63) is 35.8 Å². The van der Waals surface area contributed by atoms with Crippen LogP contribution in [0.2, 0.25) is 0 Å². The summed E-state index contributed by atoms with van der Waals surface area (Å²) in [5.41, 5.74) is -1.58. The van der Waals surface area contributed by atoms with E-state index < -0.39 is 29.0 Å². The summed E-state index contributed by atoms with van der Waals surface area (Å²) in [6.45, 7) is 2.73. The minimum atomic E-state index is -1.51. The summed E-state index contributed by atoms with van der Waals surface area (Å²) in [4.78, 5) is 22.6. The van der Waals surface area contributed by atoms with Gasteiger partial charge in [-0.3, -0.25) is 0 Å². The van der Waals surface area contributed by atoms with Crippen LogP contribution in [0.5, 0.6) is 0 Å². The van der Waals surface area contributed by atoms with Gasteiger partial charge in [-0.15, -0.1) is 5.10 Å². The van der Waals surface area contributed by atoms with Crippen molar-refractivity contribution in [1.82, 2.24) is 15.0 Å². The minimum Gasteiger partial charge on any atom is -0.479 e. The smallest absolute Gasteiger partial charge is 0.358 e. The summed E-state index contributed by atoms with van der Waals surface area (Å²) in [5.74, 6) is -3.04. The number of carboxylic acids is 2. The van der Waals surface area contributed by atoms with Gasteiger partial charge < -0.3 is 10.2 Å². The Hall–Kier alpha value is -2.77. The second-order valence-corrected chi connectivity index (χ2v) is 4.87. The predicted molar refractivity (Wildman–Crippen MR) is 69.3 cm³/mol. The lowest BCUT2D eigenvalue weighted by Crippen LogP contribution is -2.37. The van der Waals surface area contributed by atoms with Crippen LogP contribution in [0, 0.1) is 5.82 Å². The maximum atomic E-state index is 13.0. The van der Waals surface area contributed by atoms with Crippen LogP contribution in [-0.2, 0) is 10.3 Å². The van der Waals surface area contributed by atoms with E-state index in [9.17, 15) is 19.1 Å². The highest BCUT2D eigenvalue weighted by Crippen LogP contribution is 2.28. The van der Waals surface area contributed by atoms with E-state index in [0.717, 1.165) is 16.8 Å². The van der Waals surface area contributed by atoms with Gasteiger partial charge in [-0.1, -0.05) is 5.21 Å². The number of hydrogen-bond acceptors (Lipinski definition) is 4. The van der Waals surface area contributed by atoms with Crippen LogP contribution >= 0.6 is 0 Å². The van der Waals surface area contributed by atoms with Crippen LogP contribution in [0.1, 0.15) is 24.3 Å². The maximum absolute atomic E-state index is 13.0. The van der Waals surface area contributed by atoms with E-state index in [2.05, 4.69) is 10.3 Å². The quantitative estimate of drug-likeness (QED) is 0.887. The lowest BCUT2D eigenvalue weighted by Gasteiger charge is -2.21. The number of benzene rings is 1. The number of halogens is 1. The lowest BCUT2D eigenvalue weighted by atomic mass is 10.0. The molecular weight excluding hydrogens is 281 g/mol. The Balaban J connectivity index is 2.72. The average molecular weight is 293 g/mol. The zero-order chi connectivity index (χ0) is 15.8. The number of nitrogens with zero attached hydrogens (tertiary/aromatic N) is 3. The highest BCUT2D eigenvalue weighted by Gasteiger charge is 2.35. The first-order valence-electron chi connectivity index (χ1n) is 5.94. The molecule has 8 heteroatoms. The number of aliphatic carboxylic acids is 1. The Bertz CT molecular complexity index is 707. The number of hydrogen-bond donors (Lipinski definition) is 2. The fourth-order valence-corrected chi connectivity index (χ4v) is 1.77.